The summed E-state index contributed by atoms with van der Waals surface area (Å²) in [4.78, 5) is 18.8. The standard InChI is InChI=1S/C24H28FN5O/c25-21-8-2-1-5-18(21)15-29-13-4-6-19(16-29)22-20-7-3-11-26-23(20)30(28-22)14-12-27-24(31)17-9-10-17/h1-3,5,7-8,11,17,19H,4,6,9-10,12-16H2,(H,27,31)/t19-/m0/s1. The van der Waals surface area contributed by atoms with Crippen molar-refractivity contribution in [3.05, 3.63) is 59.7 Å². The average Bonchev–Trinajstić information content (AvgIpc) is 3.58. The fraction of sp³-hybridized carbons (Fsp3) is 0.458. The maximum atomic E-state index is 14.1. The lowest BCUT2D eigenvalue weighted by Gasteiger charge is -2.32. The minimum atomic E-state index is -0.142. The fourth-order valence-electron chi connectivity index (χ4n) is 4.56. The van der Waals surface area contributed by atoms with E-state index in [9.17, 15) is 9.18 Å². The second-order valence-electron chi connectivity index (χ2n) is 8.71. The van der Waals surface area contributed by atoms with Crippen LogP contribution in [0.2, 0.25) is 0 Å². The number of carbonyl (C=O) groups excluding carboxylic acids is 1. The summed E-state index contributed by atoms with van der Waals surface area (Å²) < 4.78 is 16.0. The molecule has 1 amide bonds. The topological polar surface area (TPSA) is 63.1 Å². The van der Waals surface area contributed by atoms with Gasteiger partial charge in [-0.2, -0.15) is 5.10 Å². The number of benzene rings is 1. The molecule has 1 saturated heterocycles. The van der Waals surface area contributed by atoms with Gasteiger partial charge in [-0.1, -0.05) is 18.2 Å². The highest BCUT2D eigenvalue weighted by Gasteiger charge is 2.29. The van der Waals surface area contributed by atoms with E-state index in [4.69, 9.17) is 5.10 Å². The normalized spacial score (nSPS) is 19.6. The Bertz CT molecular complexity index is 1080. The van der Waals surface area contributed by atoms with Crippen molar-refractivity contribution >= 4 is 16.9 Å². The third kappa shape index (κ3) is 4.46. The molecular formula is C24H28FN5O. The molecule has 1 atom stereocenters. The Balaban J connectivity index is 1.31. The van der Waals surface area contributed by atoms with Gasteiger partial charge >= 0.3 is 0 Å². The zero-order chi connectivity index (χ0) is 21.2. The zero-order valence-corrected chi connectivity index (χ0v) is 17.6. The van der Waals surface area contributed by atoms with Crippen LogP contribution in [0.25, 0.3) is 11.0 Å². The number of hydrogen-bond acceptors (Lipinski definition) is 4. The van der Waals surface area contributed by atoms with E-state index in [1.807, 2.05) is 22.9 Å². The van der Waals surface area contributed by atoms with Crippen LogP contribution in [0.3, 0.4) is 0 Å². The van der Waals surface area contributed by atoms with Crippen LogP contribution in [0.1, 0.15) is 42.9 Å². The first-order valence-corrected chi connectivity index (χ1v) is 11.2. The highest BCUT2D eigenvalue weighted by molar-refractivity contribution is 5.81. The minimum Gasteiger partial charge on any atom is -0.354 e. The summed E-state index contributed by atoms with van der Waals surface area (Å²) in [6, 6.07) is 11.0. The Kier molecular flexibility index (Phi) is 5.68. The van der Waals surface area contributed by atoms with Gasteiger partial charge in [0.25, 0.3) is 0 Å². The summed E-state index contributed by atoms with van der Waals surface area (Å²) in [5, 5.41) is 9.02. The Morgan fingerprint density at radius 3 is 2.87 bits per heavy atom. The molecular weight excluding hydrogens is 393 g/mol. The Morgan fingerprint density at radius 2 is 2.03 bits per heavy atom. The Labute approximate surface area is 181 Å². The number of amides is 1. The number of pyridine rings is 1. The maximum Gasteiger partial charge on any atom is 0.223 e. The summed E-state index contributed by atoms with van der Waals surface area (Å²) in [5.74, 6) is 0.512. The van der Waals surface area contributed by atoms with Crippen molar-refractivity contribution in [2.24, 2.45) is 5.92 Å². The smallest absolute Gasteiger partial charge is 0.223 e. The summed E-state index contributed by atoms with van der Waals surface area (Å²) in [7, 11) is 0. The van der Waals surface area contributed by atoms with E-state index in [1.54, 1.807) is 12.3 Å². The van der Waals surface area contributed by atoms with E-state index < -0.39 is 0 Å². The second-order valence-corrected chi connectivity index (χ2v) is 8.71. The quantitative estimate of drug-likeness (QED) is 0.635. The van der Waals surface area contributed by atoms with E-state index >= 15 is 0 Å². The number of nitrogens with one attached hydrogen (secondary N) is 1. The van der Waals surface area contributed by atoms with Crippen molar-refractivity contribution in [1.29, 1.82) is 0 Å². The van der Waals surface area contributed by atoms with Gasteiger partial charge in [-0.15, -0.1) is 0 Å². The molecule has 3 heterocycles. The summed E-state index contributed by atoms with van der Waals surface area (Å²) in [5.41, 5.74) is 2.67. The third-order valence-corrected chi connectivity index (χ3v) is 6.35. The van der Waals surface area contributed by atoms with Crippen LogP contribution in [0, 0.1) is 11.7 Å². The van der Waals surface area contributed by atoms with Crippen molar-refractivity contribution in [1.82, 2.24) is 25.0 Å². The molecule has 2 aromatic heterocycles. The van der Waals surface area contributed by atoms with Gasteiger partial charge in [-0.05, 0) is 50.4 Å². The van der Waals surface area contributed by atoms with Gasteiger partial charge in [0, 0.05) is 48.6 Å². The van der Waals surface area contributed by atoms with E-state index in [2.05, 4.69) is 21.3 Å². The number of rotatable bonds is 7. The molecule has 5 rings (SSSR count). The molecule has 1 aliphatic heterocycles. The first-order chi connectivity index (χ1) is 15.2. The molecule has 6 nitrogen and oxygen atoms in total. The van der Waals surface area contributed by atoms with Crippen LogP contribution in [-0.2, 0) is 17.9 Å². The lowest BCUT2D eigenvalue weighted by molar-refractivity contribution is -0.122. The van der Waals surface area contributed by atoms with E-state index in [0.29, 0.717) is 19.6 Å². The van der Waals surface area contributed by atoms with Gasteiger partial charge in [0.15, 0.2) is 5.65 Å². The van der Waals surface area contributed by atoms with Crippen molar-refractivity contribution in [3.8, 4) is 0 Å². The van der Waals surface area contributed by atoms with Crippen LogP contribution >= 0.6 is 0 Å². The van der Waals surface area contributed by atoms with Crippen molar-refractivity contribution in [3.63, 3.8) is 0 Å². The van der Waals surface area contributed by atoms with Crippen molar-refractivity contribution in [2.45, 2.75) is 44.7 Å². The molecule has 1 N–H and O–H groups in total. The number of fused-ring (bicyclic) bond motifs is 1. The van der Waals surface area contributed by atoms with Gasteiger partial charge in [-0.3, -0.25) is 9.69 Å². The SMILES string of the molecule is O=C(NCCn1nc([C@H]2CCCN(Cc3ccccc3F)C2)c2cccnc21)C1CC1. The molecule has 1 saturated carbocycles. The van der Waals surface area contributed by atoms with E-state index in [1.165, 1.54) is 6.07 Å². The fourth-order valence-corrected chi connectivity index (χ4v) is 4.56. The average molecular weight is 422 g/mol. The number of likely N-dealkylation sites (tertiary alicyclic amines) is 1. The van der Waals surface area contributed by atoms with Crippen LogP contribution in [0.5, 0.6) is 0 Å². The van der Waals surface area contributed by atoms with Crippen LogP contribution in [0.4, 0.5) is 4.39 Å². The van der Waals surface area contributed by atoms with Gasteiger partial charge < -0.3 is 5.32 Å². The van der Waals surface area contributed by atoms with Gasteiger partial charge in [0.05, 0.1) is 12.2 Å². The van der Waals surface area contributed by atoms with E-state index in [0.717, 1.165) is 61.1 Å². The molecule has 31 heavy (non-hydrogen) atoms. The number of piperidine rings is 1. The first-order valence-electron chi connectivity index (χ1n) is 11.2. The highest BCUT2D eigenvalue weighted by atomic mass is 19.1. The molecule has 0 radical (unpaired) electrons. The van der Waals surface area contributed by atoms with Gasteiger partial charge in [-0.25, -0.2) is 14.1 Å². The summed E-state index contributed by atoms with van der Waals surface area (Å²) >= 11 is 0. The molecule has 162 valence electrons. The monoisotopic (exact) mass is 421 g/mol. The minimum absolute atomic E-state index is 0.142. The molecule has 1 aliphatic carbocycles. The lowest BCUT2D eigenvalue weighted by Crippen LogP contribution is -2.34. The number of nitrogens with zero attached hydrogens (tertiary/aromatic N) is 4. The van der Waals surface area contributed by atoms with Gasteiger partial charge in [0.2, 0.25) is 5.91 Å². The number of hydrogen-bond donors (Lipinski definition) is 1. The highest BCUT2D eigenvalue weighted by Crippen LogP contribution is 2.32. The van der Waals surface area contributed by atoms with Crippen LogP contribution < -0.4 is 5.32 Å². The van der Waals surface area contributed by atoms with E-state index in [-0.39, 0.29) is 23.6 Å². The van der Waals surface area contributed by atoms with Crippen molar-refractivity contribution < 1.29 is 9.18 Å². The third-order valence-electron chi connectivity index (χ3n) is 6.35. The second kappa shape index (κ2) is 8.75. The number of aromatic nitrogens is 3. The molecule has 1 aromatic carbocycles. The molecule has 7 heteroatoms. The molecule has 0 spiro atoms. The summed E-state index contributed by atoms with van der Waals surface area (Å²) in [6.07, 6.45) is 5.93. The molecule has 2 fully saturated rings. The maximum absolute atomic E-state index is 14.1. The largest absolute Gasteiger partial charge is 0.354 e. The Morgan fingerprint density at radius 1 is 1.16 bits per heavy atom. The first kappa shape index (κ1) is 20.1. The summed E-state index contributed by atoms with van der Waals surface area (Å²) in [6.45, 7) is 3.61. The van der Waals surface area contributed by atoms with Crippen molar-refractivity contribution in [2.75, 3.05) is 19.6 Å². The lowest BCUT2D eigenvalue weighted by atomic mass is 9.93. The van der Waals surface area contributed by atoms with Crippen LogP contribution in [0.15, 0.2) is 42.6 Å². The predicted octanol–water partition coefficient (Wildman–Crippen LogP) is 3.48. The number of halogens is 1. The molecule has 3 aromatic rings. The molecule has 0 bridgehead atoms. The van der Waals surface area contributed by atoms with Crippen LogP contribution in [-0.4, -0.2) is 45.2 Å². The molecule has 0 unspecified atom stereocenters. The Hall–Kier alpha value is -2.80. The number of carbonyl (C=O) groups is 1. The molecule has 2 aliphatic rings. The predicted molar refractivity (Wildman–Crippen MR) is 117 cm³/mol. The zero-order valence-electron chi connectivity index (χ0n) is 17.6. The van der Waals surface area contributed by atoms with Gasteiger partial charge in [0.1, 0.15) is 5.82 Å².